The van der Waals surface area contributed by atoms with E-state index in [-0.39, 0.29) is 23.8 Å². The summed E-state index contributed by atoms with van der Waals surface area (Å²) in [5, 5.41) is 17.8. The Kier molecular flexibility index (Phi) is 8.58. The van der Waals surface area contributed by atoms with Gasteiger partial charge < -0.3 is 19.0 Å². The van der Waals surface area contributed by atoms with Crippen LogP contribution in [0.4, 0.5) is 10.1 Å². The van der Waals surface area contributed by atoms with Gasteiger partial charge in [0.2, 0.25) is 0 Å². The number of amides is 1. The molecule has 0 spiro atoms. The Balaban J connectivity index is 1.09. The smallest absolute Gasteiger partial charge is 0.261 e. The van der Waals surface area contributed by atoms with E-state index < -0.39 is 26.1 Å². The van der Waals surface area contributed by atoms with Crippen molar-refractivity contribution in [2.75, 3.05) is 18.5 Å². The Labute approximate surface area is 302 Å². The number of tetrazole rings is 1. The number of halogens is 1. The molecule has 3 heterocycles. The van der Waals surface area contributed by atoms with E-state index in [0.29, 0.717) is 40.0 Å². The van der Waals surface area contributed by atoms with E-state index >= 15 is 4.39 Å². The minimum Gasteiger partial charge on any atom is -0.488 e. The lowest BCUT2D eigenvalue weighted by Gasteiger charge is -2.43. The van der Waals surface area contributed by atoms with Crippen LogP contribution >= 0.6 is 0 Å². The van der Waals surface area contributed by atoms with E-state index in [1.165, 1.54) is 6.07 Å². The summed E-state index contributed by atoms with van der Waals surface area (Å²) in [5.74, 6) is 0.134. The molecule has 1 saturated carbocycles. The number of benzene rings is 4. The van der Waals surface area contributed by atoms with Gasteiger partial charge in [0.1, 0.15) is 18.5 Å². The predicted molar refractivity (Wildman–Crippen MR) is 200 cm³/mol. The first-order chi connectivity index (χ1) is 25.1. The van der Waals surface area contributed by atoms with Crippen LogP contribution in [-0.4, -0.2) is 57.2 Å². The summed E-state index contributed by atoms with van der Waals surface area (Å²) in [6.45, 7) is 8.96. The van der Waals surface area contributed by atoms with Crippen LogP contribution in [0, 0.1) is 12.7 Å². The average Bonchev–Trinajstić information content (AvgIpc) is 3.71. The second-order valence-corrected chi connectivity index (χ2v) is 18.9. The van der Waals surface area contributed by atoms with Crippen LogP contribution in [0.2, 0.25) is 5.04 Å². The van der Waals surface area contributed by atoms with Gasteiger partial charge in [-0.25, -0.2) is 14.1 Å². The fourth-order valence-electron chi connectivity index (χ4n) is 7.30. The summed E-state index contributed by atoms with van der Waals surface area (Å²) >= 11 is 0. The summed E-state index contributed by atoms with van der Waals surface area (Å²) in [6.07, 6.45) is 5.93. The number of nitrogens with one attached hydrogen (secondary N) is 1. The second-order valence-electron chi connectivity index (χ2n) is 14.6. The third kappa shape index (κ3) is 6.01. The van der Waals surface area contributed by atoms with Gasteiger partial charge in [0.15, 0.2) is 11.6 Å². The summed E-state index contributed by atoms with van der Waals surface area (Å²) in [4.78, 5) is 18.3. The maximum absolute atomic E-state index is 15.4. The number of anilines is 1. The van der Waals surface area contributed by atoms with Gasteiger partial charge in [-0.3, -0.25) is 4.79 Å². The van der Waals surface area contributed by atoms with Crippen molar-refractivity contribution in [1.29, 1.82) is 0 Å². The van der Waals surface area contributed by atoms with Crippen molar-refractivity contribution >= 4 is 30.3 Å². The van der Waals surface area contributed by atoms with Gasteiger partial charge in [0, 0.05) is 12.1 Å². The predicted octanol–water partition coefficient (Wildman–Crippen LogP) is 6.61. The molecule has 10 nitrogen and oxygen atoms in total. The molecule has 264 valence electrons. The number of para-hydroxylation sites is 1. The van der Waals surface area contributed by atoms with Crippen molar-refractivity contribution in [2.45, 2.75) is 57.5 Å². The molecule has 0 radical (unpaired) electrons. The van der Waals surface area contributed by atoms with Gasteiger partial charge in [-0.05, 0) is 75.4 Å². The lowest BCUT2D eigenvalue weighted by molar-refractivity contribution is 0.102. The molecule has 1 fully saturated rings. The Bertz CT molecular complexity index is 2210. The molecule has 4 aromatic carbocycles. The highest BCUT2D eigenvalue weighted by molar-refractivity contribution is 6.99. The summed E-state index contributed by atoms with van der Waals surface area (Å²) in [7, 11) is -2.88. The van der Waals surface area contributed by atoms with Gasteiger partial charge in [-0.15, -0.1) is 5.10 Å². The Morgan fingerprint density at radius 2 is 1.71 bits per heavy atom. The largest absolute Gasteiger partial charge is 0.488 e. The van der Waals surface area contributed by atoms with Gasteiger partial charge in [-0.2, -0.15) is 0 Å². The van der Waals surface area contributed by atoms with Crippen LogP contribution in [0.3, 0.4) is 0 Å². The van der Waals surface area contributed by atoms with Crippen molar-refractivity contribution in [3.8, 4) is 22.8 Å². The van der Waals surface area contributed by atoms with Gasteiger partial charge in [-0.1, -0.05) is 87.5 Å². The molecule has 2 aliphatic rings. The number of aryl methyl sites for hydroxylation is 1. The molecule has 0 unspecified atom stereocenters. The van der Waals surface area contributed by atoms with Crippen LogP contribution in [0.1, 0.15) is 67.2 Å². The van der Waals surface area contributed by atoms with E-state index in [0.717, 1.165) is 28.9 Å². The molecule has 6 aromatic rings. The number of ether oxygens (including phenoxy) is 1. The SMILES string of the molecule is Cc1cc(F)c(C(=O)Nc2cccc3c2OC[C@@H](CO[Si](c2ccccc2)(c2ccccc2)C(C)(C)C)n2nnnc2-3)cc1-n1cnc(C2CC2)c1. The monoisotopic (exact) mass is 713 g/mol. The summed E-state index contributed by atoms with van der Waals surface area (Å²) in [6, 6.07) is 28.8. The number of hydrogen-bond donors (Lipinski definition) is 1. The zero-order valence-electron chi connectivity index (χ0n) is 29.6. The molecule has 1 aliphatic carbocycles. The highest BCUT2D eigenvalue weighted by Gasteiger charge is 2.50. The topological polar surface area (TPSA) is 109 Å². The lowest BCUT2D eigenvalue weighted by atomic mass is 10.1. The van der Waals surface area contributed by atoms with Crippen molar-refractivity contribution in [3.05, 3.63) is 126 Å². The average molecular weight is 714 g/mol. The number of carbonyl (C=O) groups is 1. The molecule has 1 amide bonds. The van der Waals surface area contributed by atoms with Crippen LogP contribution in [0.25, 0.3) is 17.1 Å². The van der Waals surface area contributed by atoms with Crippen LogP contribution in [-0.2, 0) is 4.43 Å². The number of fused-ring (bicyclic) bond motifs is 3. The molecule has 0 saturated heterocycles. The molecule has 1 aliphatic heterocycles. The van der Waals surface area contributed by atoms with Gasteiger partial charge >= 0.3 is 0 Å². The highest BCUT2D eigenvalue weighted by Crippen LogP contribution is 2.42. The molecule has 52 heavy (non-hydrogen) atoms. The number of carbonyl (C=O) groups excluding carboxylic acids is 1. The Morgan fingerprint density at radius 1 is 1.00 bits per heavy atom. The van der Waals surface area contributed by atoms with E-state index in [2.05, 4.69) is 95.1 Å². The molecule has 2 aromatic heterocycles. The normalized spacial score (nSPS) is 15.7. The van der Waals surface area contributed by atoms with Gasteiger partial charge in [0.05, 0.1) is 41.1 Å². The fraction of sp³-hybridized carbons (Fsp3) is 0.275. The minimum absolute atomic E-state index is 0.0880. The molecule has 1 N–H and O–H groups in total. The third-order valence-corrected chi connectivity index (χ3v) is 15.1. The van der Waals surface area contributed by atoms with Crippen molar-refractivity contribution in [3.63, 3.8) is 0 Å². The minimum atomic E-state index is -2.88. The van der Waals surface area contributed by atoms with Crippen LogP contribution in [0.5, 0.6) is 5.75 Å². The second kappa shape index (κ2) is 13.3. The summed E-state index contributed by atoms with van der Waals surface area (Å²) < 4.78 is 32.7. The number of aromatic nitrogens is 6. The summed E-state index contributed by atoms with van der Waals surface area (Å²) in [5.41, 5.74) is 3.30. The maximum Gasteiger partial charge on any atom is 0.261 e. The first kappa shape index (κ1) is 33.7. The molecule has 8 rings (SSSR count). The van der Waals surface area contributed by atoms with Crippen molar-refractivity contribution in [1.82, 2.24) is 29.8 Å². The molecule has 12 heteroatoms. The van der Waals surface area contributed by atoms with Crippen molar-refractivity contribution in [2.24, 2.45) is 0 Å². The number of imidazole rings is 1. The lowest BCUT2D eigenvalue weighted by Crippen LogP contribution is -2.67. The quantitative estimate of drug-likeness (QED) is 0.168. The fourth-order valence-corrected chi connectivity index (χ4v) is 11.9. The van der Waals surface area contributed by atoms with Crippen LogP contribution in [0.15, 0.2) is 104 Å². The Morgan fingerprint density at radius 3 is 2.38 bits per heavy atom. The van der Waals surface area contributed by atoms with Crippen molar-refractivity contribution < 1.29 is 18.3 Å². The number of rotatable bonds is 9. The Hall–Kier alpha value is -5.46. The number of hydrogen-bond acceptors (Lipinski definition) is 7. The van der Waals surface area contributed by atoms with E-state index in [9.17, 15) is 4.79 Å². The highest BCUT2D eigenvalue weighted by atomic mass is 28.4. The van der Waals surface area contributed by atoms with E-state index in [1.54, 1.807) is 29.2 Å². The molecule has 0 bridgehead atoms. The first-order valence-corrected chi connectivity index (χ1v) is 19.5. The third-order valence-electron chi connectivity index (χ3n) is 10.1. The van der Waals surface area contributed by atoms with Crippen LogP contribution < -0.4 is 20.4 Å². The molecule has 1 atom stereocenters. The van der Waals surface area contributed by atoms with E-state index in [4.69, 9.17) is 9.16 Å². The molecular weight excluding hydrogens is 674 g/mol. The first-order valence-electron chi connectivity index (χ1n) is 17.6. The zero-order valence-corrected chi connectivity index (χ0v) is 30.6. The van der Waals surface area contributed by atoms with Gasteiger partial charge in [0.25, 0.3) is 14.2 Å². The number of nitrogens with zero attached hydrogens (tertiary/aromatic N) is 6. The molecular formula is C40H40FN7O3Si. The van der Waals surface area contributed by atoms with E-state index in [1.807, 2.05) is 35.9 Å². The maximum atomic E-state index is 15.4. The zero-order chi connectivity index (χ0) is 36.0. The standard InChI is InChI=1S/C40H40FN7O3Si/c1-26-20-33(41)32(21-36(26)47-22-35(42-25-47)27-18-19-27)39(49)43-34-17-11-16-31-37(34)50-23-28(48-38(31)44-45-46-48)24-51-52(40(2,3)4,29-12-7-5-8-13-29)30-14-9-6-10-15-30/h5-17,20-22,25,27-28H,18-19,23-24H2,1-4H3,(H,43,49)/t28-/m0/s1.